The van der Waals surface area contributed by atoms with Crippen molar-refractivity contribution in [1.29, 1.82) is 0 Å². The Hall–Kier alpha value is -1.48. The summed E-state index contributed by atoms with van der Waals surface area (Å²) >= 11 is 5.54. The molecule has 4 heteroatoms. The first-order chi connectivity index (χ1) is 8.13. The Bertz CT molecular complexity index is 502. The fraction of sp³-hybridized carbons (Fsp3) is 0.308. The number of halogens is 1. The molecular weight excluding hydrogens is 238 g/mol. The normalized spacial score (nSPS) is 12.6. The first-order valence-electron chi connectivity index (χ1n) is 5.43. The molecule has 0 bridgehead atoms. The van der Waals surface area contributed by atoms with Crippen molar-refractivity contribution >= 4 is 28.5 Å². The molecule has 0 spiro atoms. The van der Waals surface area contributed by atoms with Crippen LogP contribution in [0.15, 0.2) is 34.7 Å². The second-order valence-electron chi connectivity index (χ2n) is 4.00. The number of carbonyl (C=O) groups excluding carboxylic acids is 1. The predicted molar refractivity (Wildman–Crippen MR) is 68.1 cm³/mol. The first-order valence-corrected chi connectivity index (χ1v) is 5.97. The van der Waals surface area contributed by atoms with Crippen LogP contribution in [0.2, 0.25) is 0 Å². The maximum Gasteiger partial charge on any atom is 0.237 e. The zero-order valence-electron chi connectivity index (χ0n) is 9.81. The predicted octanol–water partition coefficient (Wildman–Crippen LogP) is 3.19. The number of amides is 1. The van der Waals surface area contributed by atoms with Gasteiger partial charge in [0.25, 0.3) is 0 Å². The van der Waals surface area contributed by atoms with Crippen LogP contribution in [0.5, 0.6) is 0 Å². The minimum Gasteiger partial charge on any atom is -0.459 e. The van der Waals surface area contributed by atoms with E-state index in [1.807, 2.05) is 37.3 Å². The number of fused-ring (bicyclic) bond motifs is 1. The Labute approximate surface area is 105 Å². The lowest BCUT2D eigenvalue weighted by Gasteiger charge is -2.22. The molecule has 1 aromatic heterocycles. The molecule has 0 aliphatic rings. The summed E-state index contributed by atoms with van der Waals surface area (Å²) in [7, 11) is 1.72. The molecule has 1 atom stereocenters. The number of hydrogen-bond donors (Lipinski definition) is 0. The summed E-state index contributed by atoms with van der Waals surface area (Å²) in [4.78, 5) is 13.1. The smallest absolute Gasteiger partial charge is 0.237 e. The highest BCUT2D eigenvalue weighted by atomic mass is 35.5. The highest BCUT2D eigenvalue weighted by Crippen LogP contribution is 2.26. The van der Waals surface area contributed by atoms with Gasteiger partial charge in [-0.2, -0.15) is 0 Å². The van der Waals surface area contributed by atoms with Gasteiger partial charge in [-0.1, -0.05) is 18.2 Å². The molecule has 0 aliphatic heterocycles. The fourth-order valence-electron chi connectivity index (χ4n) is 1.71. The van der Waals surface area contributed by atoms with Gasteiger partial charge in [-0.05, 0) is 19.1 Å². The Morgan fingerprint density at radius 3 is 2.82 bits per heavy atom. The third-order valence-electron chi connectivity index (χ3n) is 2.94. The monoisotopic (exact) mass is 251 g/mol. The maximum absolute atomic E-state index is 11.5. The molecule has 2 rings (SSSR count). The molecule has 3 nitrogen and oxygen atoms in total. The van der Waals surface area contributed by atoms with E-state index in [9.17, 15) is 4.79 Å². The van der Waals surface area contributed by atoms with Crippen molar-refractivity contribution in [1.82, 2.24) is 4.90 Å². The van der Waals surface area contributed by atoms with Gasteiger partial charge < -0.3 is 9.32 Å². The first kappa shape index (κ1) is 12.0. The second-order valence-corrected chi connectivity index (χ2v) is 4.27. The lowest BCUT2D eigenvalue weighted by atomic mass is 10.2. The highest BCUT2D eigenvalue weighted by Gasteiger charge is 2.19. The van der Waals surface area contributed by atoms with Crippen LogP contribution in [0.4, 0.5) is 0 Å². The Kier molecular flexibility index (Phi) is 3.38. The highest BCUT2D eigenvalue weighted by molar-refractivity contribution is 6.27. The van der Waals surface area contributed by atoms with Gasteiger partial charge in [0.15, 0.2) is 0 Å². The SMILES string of the molecule is C[C@@H](c1cc2ccccc2o1)N(C)C(=O)CCl. The summed E-state index contributed by atoms with van der Waals surface area (Å²) in [5, 5.41) is 1.04. The topological polar surface area (TPSA) is 33.5 Å². The lowest BCUT2D eigenvalue weighted by molar-refractivity contribution is -0.129. The third kappa shape index (κ3) is 2.29. The molecule has 0 fully saturated rings. The van der Waals surface area contributed by atoms with Crippen molar-refractivity contribution in [2.45, 2.75) is 13.0 Å². The molecule has 0 unspecified atom stereocenters. The van der Waals surface area contributed by atoms with Gasteiger partial charge in [-0.3, -0.25) is 4.79 Å². The molecule has 17 heavy (non-hydrogen) atoms. The molecule has 0 N–H and O–H groups in total. The quantitative estimate of drug-likeness (QED) is 0.785. The van der Waals surface area contributed by atoms with Crippen LogP contribution in [-0.4, -0.2) is 23.7 Å². The molecule has 0 saturated heterocycles. The summed E-state index contributed by atoms with van der Waals surface area (Å²) in [6, 6.07) is 9.62. The molecule has 0 radical (unpaired) electrons. The van der Waals surface area contributed by atoms with E-state index in [1.54, 1.807) is 11.9 Å². The number of carbonyl (C=O) groups is 1. The van der Waals surface area contributed by atoms with Crippen molar-refractivity contribution in [3.05, 3.63) is 36.1 Å². The van der Waals surface area contributed by atoms with Crippen LogP contribution >= 0.6 is 11.6 Å². The maximum atomic E-state index is 11.5. The zero-order chi connectivity index (χ0) is 12.4. The minimum atomic E-state index is -0.117. The van der Waals surface area contributed by atoms with Crippen LogP contribution in [0, 0.1) is 0 Å². The van der Waals surface area contributed by atoms with E-state index in [1.165, 1.54) is 0 Å². The van der Waals surface area contributed by atoms with Gasteiger partial charge in [-0.15, -0.1) is 11.6 Å². The van der Waals surface area contributed by atoms with E-state index >= 15 is 0 Å². The van der Waals surface area contributed by atoms with Gasteiger partial charge in [0.05, 0.1) is 6.04 Å². The summed E-state index contributed by atoms with van der Waals surface area (Å²) < 4.78 is 5.71. The number of para-hydroxylation sites is 1. The summed E-state index contributed by atoms with van der Waals surface area (Å²) in [6.07, 6.45) is 0. The van der Waals surface area contributed by atoms with Gasteiger partial charge >= 0.3 is 0 Å². The standard InChI is InChI=1S/C13H14ClNO2/c1-9(15(2)13(16)8-14)12-7-10-5-3-4-6-11(10)17-12/h3-7,9H,8H2,1-2H3/t9-/m0/s1. The summed E-state index contributed by atoms with van der Waals surface area (Å²) in [6.45, 7) is 1.92. The molecule has 1 amide bonds. The minimum absolute atomic E-state index is 0.0128. The number of rotatable bonds is 3. The fourth-order valence-corrected chi connectivity index (χ4v) is 1.90. The molecule has 90 valence electrons. The van der Waals surface area contributed by atoms with Gasteiger partial charge in [0, 0.05) is 12.4 Å². The van der Waals surface area contributed by atoms with Crippen molar-refractivity contribution in [2.24, 2.45) is 0 Å². The van der Waals surface area contributed by atoms with E-state index < -0.39 is 0 Å². The lowest BCUT2D eigenvalue weighted by Crippen LogP contribution is -2.30. The number of furan rings is 1. The van der Waals surface area contributed by atoms with Crippen LogP contribution in [0.1, 0.15) is 18.7 Å². The van der Waals surface area contributed by atoms with E-state index in [-0.39, 0.29) is 17.8 Å². The van der Waals surface area contributed by atoms with E-state index in [0.29, 0.717) is 0 Å². The average Bonchev–Trinajstić information content (AvgIpc) is 2.79. The Morgan fingerprint density at radius 1 is 1.47 bits per heavy atom. The Morgan fingerprint density at radius 2 is 2.18 bits per heavy atom. The van der Waals surface area contributed by atoms with Gasteiger partial charge in [0.2, 0.25) is 5.91 Å². The van der Waals surface area contributed by atoms with Crippen LogP contribution in [-0.2, 0) is 4.79 Å². The zero-order valence-corrected chi connectivity index (χ0v) is 10.6. The van der Waals surface area contributed by atoms with Crippen LogP contribution in [0.25, 0.3) is 11.0 Å². The van der Waals surface area contributed by atoms with Crippen LogP contribution in [0.3, 0.4) is 0 Å². The van der Waals surface area contributed by atoms with Crippen molar-refractivity contribution in [2.75, 3.05) is 12.9 Å². The van der Waals surface area contributed by atoms with Gasteiger partial charge in [-0.25, -0.2) is 0 Å². The van der Waals surface area contributed by atoms with Crippen LogP contribution < -0.4 is 0 Å². The second kappa shape index (κ2) is 4.80. The van der Waals surface area contributed by atoms with Crippen molar-refractivity contribution in [3.8, 4) is 0 Å². The molecular formula is C13H14ClNO2. The number of alkyl halides is 1. The molecule has 2 aromatic rings. The molecule has 1 aromatic carbocycles. The van der Waals surface area contributed by atoms with E-state index in [2.05, 4.69) is 0 Å². The molecule has 1 heterocycles. The summed E-state index contributed by atoms with van der Waals surface area (Å²) in [5.41, 5.74) is 0.834. The van der Waals surface area contributed by atoms with Gasteiger partial charge in [0.1, 0.15) is 17.2 Å². The number of benzene rings is 1. The molecule has 0 aliphatic carbocycles. The average molecular weight is 252 g/mol. The number of hydrogen-bond acceptors (Lipinski definition) is 2. The van der Waals surface area contributed by atoms with Crippen molar-refractivity contribution < 1.29 is 9.21 Å². The third-order valence-corrected chi connectivity index (χ3v) is 3.17. The largest absolute Gasteiger partial charge is 0.459 e. The van der Waals surface area contributed by atoms with E-state index in [4.69, 9.17) is 16.0 Å². The molecule has 0 saturated carbocycles. The van der Waals surface area contributed by atoms with Crippen molar-refractivity contribution in [3.63, 3.8) is 0 Å². The van der Waals surface area contributed by atoms with E-state index in [0.717, 1.165) is 16.7 Å². The summed E-state index contributed by atoms with van der Waals surface area (Å²) in [5.74, 6) is 0.646. The number of nitrogens with zero attached hydrogens (tertiary/aromatic N) is 1. The Balaban J connectivity index is 2.30.